The van der Waals surface area contributed by atoms with Gasteiger partial charge in [-0.25, -0.2) is 0 Å². The van der Waals surface area contributed by atoms with Gasteiger partial charge in [0.05, 0.1) is 18.6 Å². The van der Waals surface area contributed by atoms with Gasteiger partial charge < -0.3 is 9.84 Å². The Balaban J connectivity index is 3.84. The molecule has 0 aromatic rings. The summed E-state index contributed by atoms with van der Waals surface area (Å²) in [5.41, 5.74) is 0. The molecule has 2 atom stereocenters. The number of hydrogen-bond donors (Lipinski definition) is 1. The Morgan fingerprint density at radius 3 is 1.80 bits per heavy atom. The Hall–Kier alpha value is -0.570. The van der Waals surface area contributed by atoms with Crippen LogP contribution < -0.4 is 0 Å². The van der Waals surface area contributed by atoms with Crippen molar-refractivity contribution < 1.29 is 14.6 Å². The Morgan fingerprint density at radius 2 is 1.28 bits per heavy atom. The minimum absolute atomic E-state index is 0.117. The van der Waals surface area contributed by atoms with Gasteiger partial charge in [-0.3, -0.25) is 4.79 Å². The molecule has 0 aromatic heterocycles. The number of ether oxygens (including phenoxy) is 1. The van der Waals surface area contributed by atoms with E-state index in [1.54, 1.807) is 0 Å². The fraction of sp³-hybridized carbons (Fsp3) is 0.955. The van der Waals surface area contributed by atoms with E-state index in [1.165, 1.54) is 57.8 Å². The maximum Gasteiger partial charge on any atom is 0.309 e. The van der Waals surface area contributed by atoms with Crippen LogP contribution in [-0.4, -0.2) is 23.8 Å². The molecule has 0 spiro atoms. The first kappa shape index (κ1) is 24.4. The minimum atomic E-state index is -0.363. The standard InChI is InChI=1S/C22H44O3/c1-4-7-9-10-11-12-13-14-15-16-17-20(22(24)25-6-3)19-21(23)18-8-5-2/h20-21,23H,4-19H2,1-3H3. The summed E-state index contributed by atoms with van der Waals surface area (Å²) in [6.45, 7) is 6.66. The second kappa shape index (κ2) is 18.2. The molecule has 0 saturated carbocycles. The van der Waals surface area contributed by atoms with Crippen LogP contribution in [0.2, 0.25) is 0 Å². The number of aliphatic hydroxyl groups excluding tert-OH is 1. The van der Waals surface area contributed by atoms with Crippen molar-refractivity contribution in [2.75, 3.05) is 6.61 Å². The van der Waals surface area contributed by atoms with Gasteiger partial charge in [0, 0.05) is 0 Å². The van der Waals surface area contributed by atoms with E-state index in [-0.39, 0.29) is 18.0 Å². The van der Waals surface area contributed by atoms with Crippen molar-refractivity contribution in [3.8, 4) is 0 Å². The molecule has 25 heavy (non-hydrogen) atoms. The molecule has 3 nitrogen and oxygen atoms in total. The summed E-state index contributed by atoms with van der Waals surface area (Å²) in [6.07, 6.45) is 17.0. The lowest BCUT2D eigenvalue weighted by atomic mass is 9.93. The van der Waals surface area contributed by atoms with Crippen molar-refractivity contribution in [3.63, 3.8) is 0 Å². The van der Waals surface area contributed by atoms with Crippen LogP contribution in [0.5, 0.6) is 0 Å². The number of carbonyl (C=O) groups is 1. The molecular formula is C22H44O3. The molecule has 0 aliphatic carbocycles. The lowest BCUT2D eigenvalue weighted by Crippen LogP contribution is -2.23. The highest BCUT2D eigenvalue weighted by Gasteiger charge is 2.22. The van der Waals surface area contributed by atoms with Gasteiger partial charge in [0.25, 0.3) is 0 Å². The van der Waals surface area contributed by atoms with E-state index < -0.39 is 0 Å². The summed E-state index contributed by atoms with van der Waals surface area (Å²) < 4.78 is 5.20. The largest absolute Gasteiger partial charge is 0.466 e. The van der Waals surface area contributed by atoms with Gasteiger partial charge in [-0.2, -0.15) is 0 Å². The lowest BCUT2D eigenvalue weighted by molar-refractivity contribution is -0.149. The van der Waals surface area contributed by atoms with E-state index >= 15 is 0 Å². The van der Waals surface area contributed by atoms with Crippen LogP contribution in [-0.2, 0) is 9.53 Å². The molecule has 0 amide bonds. The smallest absolute Gasteiger partial charge is 0.309 e. The summed E-state index contributed by atoms with van der Waals surface area (Å²) >= 11 is 0. The predicted octanol–water partition coefficient (Wildman–Crippen LogP) is 6.42. The van der Waals surface area contributed by atoms with E-state index in [1.807, 2.05) is 6.92 Å². The maximum absolute atomic E-state index is 12.1. The molecule has 150 valence electrons. The fourth-order valence-electron chi connectivity index (χ4n) is 3.36. The monoisotopic (exact) mass is 356 g/mol. The Labute approximate surface area is 156 Å². The van der Waals surface area contributed by atoms with Crippen LogP contribution in [0, 0.1) is 5.92 Å². The highest BCUT2D eigenvalue weighted by molar-refractivity contribution is 5.72. The number of hydrogen-bond acceptors (Lipinski definition) is 3. The minimum Gasteiger partial charge on any atom is -0.466 e. The van der Waals surface area contributed by atoms with E-state index in [2.05, 4.69) is 13.8 Å². The van der Waals surface area contributed by atoms with Crippen molar-refractivity contribution in [3.05, 3.63) is 0 Å². The molecular weight excluding hydrogens is 312 g/mol. The second-order valence-corrected chi connectivity index (χ2v) is 7.45. The van der Waals surface area contributed by atoms with Crippen LogP contribution in [0.4, 0.5) is 0 Å². The molecule has 0 fully saturated rings. The summed E-state index contributed by atoms with van der Waals surface area (Å²) in [6, 6.07) is 0. The average molecular weight is 357 g/mol. The van der Waals surface area contributed by atoms with Gasteiger partial charge in [-0.05, 0) is 26.2 Å². The quantitative estimate of drug-likeness (QED) is 0.228. The number of unbranched alkanes of at least 4 members (excludes halogenated alkanes) is 10. The lowest BCUT2D eigenvalue weighted by Gasteiger charge is -2.19. The molecule has 0 aliphatic heterocycles. The zero-order valence-corrected chi connectivity index (χ0v) is 17.2. The molecule has 0 aliphatic rings. The van der Waals surface area contributed by atoms with Crippen molar-refractivity contribution in [2.24, 2.45) is 5.92 Å². The molecule has 0 bridgehead atoms. The van der Waals surface area contributed by atoms with Gasteiger partial charge in [0.1, 0.15) is 0 Å². The molecule has 0 radical (unpaired) electrons. The predicted molar refractivity (Wildman–Crippen MR) is 107 cm³/mol. The SMILES string of the molecule is CCCCCCCCCCCCC(CC(O)CCCC)C(=O)OCC. The van der Waals surface area contributed by atoms with E-state index in [0.717, 1.165) is 32.1 Å². The second-order valence-electron chi connectivity index (χ2n) is 7.45. The first-order valence-corrected chi connectivity index (χ1v) is 11.0. The molecule has 0 heterocycles. The van der Waals surface area contributed by atoms with Gasteiger partial charge in [0.15, 0.2) is 0 Å². The number of rotatable bonds is 18. The van der Waals surface area contributed by atoms with Crippen molar-refractivity contribution >= 4 is 5.97 Å². The zero-order chi connectivity index (χ0) is 18.8. The first-order chi connectivity index (χ1) is 12.2. The van der Waals surface area contributed by atoms with Crippen LogP contribution in [0.3, 0.4) is 0 Å². The molecule has 0 saturated heterocycles. The number of esters is 1. The maximum atomic E-state index is 12.1. The molecule has 3 heteroatoms. The molecule has 0 aromatic carbocycles. The Morgan fingerprint density at radius 1 is 0.760 bits per heavy atom. The highest BCUT2D eigenvalue weighted by atomic mass is 16.5. The number of carbonyl (C=O) groups excluding carboxylic acids is 1. The van der Waals surface area contributed by atoms with Crippen molar-refractivity contribution in [1.82, 2.24) is 0 Å². The highest BCUT2D eigenvalue weighted by Crippen LogP contribution is 2.21. The summed E-state index contributed by atoms with van der Waals surface area (Å²) in [5.74, 6) is -0.241. The van der Waals surface area contributed by atoms with Crippen molar-refractivity contribution in [2.45, 2.75) is 123 Å². The number of aliphatic hydroxyl groups is 1. The fourth-order valence-corrected chi connectivity index (χ4v) is 3.36. The van der Waals surface area contributed by atoms with Gasteiger partial charge >= 0.3 is 5.97 Å². The van der Waals surface area contributed by atoms with E-state index in [0.29, 0.717) is 13.0 Å². The Bertz CT molecular complexity index is 291. The van der Waals surface area contributed by atoms with Crippen LogP contribution in [0.25, 0.3) is 0 Å². The molecule has 0 rings (SSSR count). The van der Waals surface area contributed by atoms with E-state index in [9.17, 15) is 9.90 Å². The molecule has 1 N–H and O–H groups in total. The zero-order valence-electron chi connectivity index (χ0n) is 17.2. The molecule has 2 unspecified atom stereocenters. The third-order valence-electron chi connectivity index (χ3n) is 4.97. The van der Waals surface area contributed by atoms with Crippen LogP contribution in [0.15, 0.2) is 0 Å². The summed E-state index contributed by atoms with van der Waals surface area (Å²) in [4.78, 5) is 12.1. The van der Waals surface area contributed by atoms with Crippen LogP contribution in [0.1, 0.15) is 117 Å². The summed E-state index contributed by atoms with van der Waals surface area (Å²) in [5, 5.41) is 10.1. The Kier molecular flexibility index (Phi) is 17.8. The third kappa shape index (κ3) is 15.4. The third-order valence-corrected chi connectivity index (χ3v) is 4.97. The normalized spacial score (nSPS) is 13.6. The van der Waals surface area contributed by atoms with Gasteiger partial charge in [0.2, 0.25) is 0 Å². The van der Waals surface area contributed by atoms with Gasteiger partial charge in [-0.15, -0.1) is 0 Å². The topological polar surface area (TPSA) is 46.5 Å². The van der Waals surface area contributed by atoms with Crippen molar-refractivity contribution in [1.29, 1.82) is 0 Å². The van der Waals surface area contributed by atoms with Crippen LogP contribution >= 0.6 is 0 Å². The van der Waals surface area contributed by atoms with E-state index in [4.69, 9.17) is 4.74 Å². The first-order valence-electron chi connectivity index (χ1n) is 11.0. The van der Waals surface area contributed by atoms with Gasteiger partial charge in [-0.1, -0.05) is 90.9 Å². The average Bonchev–Trinajstić information content (AvgIpc) is 2.60. The summed E-state index contributed by atoms with van der Waals surface area (Å²) in [7, 11) is 0.